The molecular weight excluding hydrogens is 468 g/mol. The first kappa shape index (κ1) is 22.9. The number of nitrogens with zero attached hydrogens (tertiary/aromatic N) is 3. The van der Waals surface area contributed by atoms with E-state index in [0.717, 1.165) is 76.2 Å². The van der Waals surface area contributed by atoms with Gasteiger partial charge in [0.25, 0.3) is 11.1 Å². The van der Waals surface area contributed by atoms with E-state index in [1.807, 2.05) is 30.3 Å². The molecule has 1 aromatic heterocycles. The standard InChI is InChI=1S/C26H25ClN4O2S/c1-16(2)30-8-10-31(11-9-30)23-7-6-18(14-21(23)27)19-4-3-5-22-20(19)12-17(15-28-22)13-24-25(32)29-26(33)34-24/h3-7,12-16H,8-11H2,1-2H3,(H,29,32,33). The fraction of sp³-hybridized carbons (Fsp3) is 0.269. The van der Waals surface area contributed by atoms with E-state index in [1.54, 1.807) is 12.3 Å². The molecule has 34 heavy (non-hydrogen) atoms. The molecular formula is C26H25ClN4O2S. The van der Waals surface area contributed by atoms with Gasteiger partial charge >= 0.3 is 0 Å². The van der Waals surface area contributed by atoms with Crippen LogP contribution in [0.3, 0.4) is 0 Å². The Morgan fingerprint density at radius 1 is 1.09 bits per heavy atom. The number of carbonyl (C=O) groups is 2. The molecule has 2 aromatic carbocycles. The van der Waals surface area contributed by atoms with Gasteiger partial charge in [0.2, 0.25) is 0 Å². The number of amides is 2. The molecule has 8 heteroatoms. The summed E-state index contributed by atoms with van der Waals surface area (Å²) >= 11 is 7.68. The maximum absolute atomic E-state index is 11.9. The first-order chi connectivity index (χ1) is 16.4. The molecule has 2 fully saturated rings. The zero-order chi connectivity index (χ0) is 23.8. The van der Waals surface area contributed by atoms with Crippen molar-refractivity contribution < 1.29 is 9.59 Å². The predicted octanol–water partition coefficient (Wildman–Crippen LogP) is 5.41. The van der Waals surface area contributed by atoms with Gasteiger partial charge in [0.1, 0.15) is 0 Å². The molecule has 0 unspecified atom stereocenters. The Kier molecular flexibility index (Phi) is 6.34. The summed E-state index contributed by atoms with van der Waals surface area (Å²) in [6.45, 7) is 8.46. The molecule has 6 nitrogen and oxygen atoms in total. The van der Waals surface area contributed by atoms with Crippen molar-refractivity contribution in [2.75, 3.05) is 31.1 Å². The van der Waals surface area contributed by atoms with E-state index in [2.05, 4.69) is 46.1 Å². The number of aromatic nitrogens is 1. The highest BCUT2D eigenvalue weighted by Gasteiger charge is 2.25. The number of hydrogen-bond donors (Lipinski definition) is 1. The number of nitrogens with one attached hydrogen (secondary N) is 1. The van der Waals surface area contributed by atoms with E-state index < -0.39 is 0 Å². The van der Waals surface area contributed by atoms with Gasteiger partial charge in [-0.05, 0) is 72.6 Å². The van der Waals surface area contributed by atoms with Crippen LogP contribution in [-0.4, -0.2) is 53.3 Å². The van der Waals surface area contributed by atoms with Crippen LogP contribution in [0.15, 0.2) is 53.6 Å². The van der Waals surface area contributed by atoms with Crippen molar-refractivity contribution in [3.05, 3.63) is 64.2 Å². The number of thioether (sulfide) groups is 1. The smallest absolute Gasteiger partial charge is 0.290 e. The van der Waals surface area contributed by atoms with Gasteiger partial charge in [-0.15, -0.1) is 0 Å². The molecule has 0 spiro atoms. The van der Waals surface area contributed by atoms with Crippen molar-refractivity contribution in [2.45, 2.75) is 19.9 Å². The van der Waals surface area contributed by atoms with Crippen molar-refractivity contribution in [1.82, 2.24) is 15.2 Å². The average Bonchev–Trinajstić information content (AvgIpc) is 3.15. The first-order valence-electron chi connectivity index (χ1n) is 11.3. The predicted molar refractivity (Wildman–Crippen MR) is 140 cm³/mol. The van der Waals surface area contributed by atoms with Gasteiger partial charge in [-0.1, -0.05) is 29.8 Å². The summed E-state index contributed by atoms with van der Waals surface area (Å²) in [6, 6.07) is 14.8. The van der Waals surface area contributed by atoms with Crippen molar-refractivity contribution in [3.63, 3.8) is 0 Å². The summed E-state index contributed by atoms with van der Waals surface area (Å²) in [7, 11) is 0. The number of carbonyl (C=O) groups excluding carboxylic acids is 2. The van der Waals surface area contributed by atoms with Crippen LogP contribution in [0.1, 0.15) is 19.4 Å². The minimum absolute atomic E-state index is 0.356. The summed E-state index contributed by atoms with van der Waals surface area (Å²) in [4.78, 5) is 33.2. The highest BCUT2D eigenvalue weighted by Crippen LogP contribution is 2.35. The molecule has 2 amide bonds. The van der Waals surface area contributed by atoms with Crippen LogP contribution >= 0.6 is 23.4 Å². The van der Waals surface area contributed by atoms with Gasteiger partial charge < -0.3 is 4.90 Å². The molecule has 0 saturated carbocycles. The Balaban J connectivity index is 1.46. The Morgan fingerprint density at radius 3 is 2.56 bits per heavy atom. The molecule has 3 aromatic rings. The van der Waals surface area contributed by atoms with Crippen molar-refractivity contribution >= 4 is 57.2 Å². The second-order valence-electron chi connectivity index (χ2n) is 8.78. The second-order valence-corrected chi connectivity index (χ2v) is 10.2. The topological polar surface area (TPSA) is 65.5 Å². The number of rotatable bonds is 4. The van der Waals surface area contributed by atoms with Gasteiger partial charge in [0.05, 0.1) is 21.1 Å². The van der Waals surface area contributed by atoms with Gasteiger partial charge in [0, 0.05) is 43.8 Å². The number of halogens is 1. The lowest BCUT2D eigenvalue weighted by Crippen LogP contribution is -2.49. The number of imide groups is 1. The molecule has 0 atom stereocenters. The fourth-order valence-corrected chi connectivity index (χ4v) is 5.46. The van der Waals surface area contributed by atoms with Crippen LogP contribution in [0.5, 0.6) is 0 Å². The third-order valence-corrected chi connectivity index (χ3v) is 7.44. The van der Waals surface area contributed by atoms with Crippen LogP contribution in [0.2, 0.25) is 5.02 Å². The van der Waals surface area contributed by atoms with Crippen LogP contribution in [0.4, 0.5) is 10.5 Å². The van der Waals surface area contributed by atoms with E-state index in [4.69, 9.17) is 11.6 Å². The van der Waals surface area contributed by atoms with Gasteiger partial charge in [-0.2, -0.15) is 0 Å². The van der Waals surface area contributed by atoms with Crippen molar-refractivity contribution in [1.29, 1.82) is 0 Å². The van der Waals surface area contributed by atoms with Crippen molar-refractivity contribution in [3.8, 4) is 11.1 Å². The maximum Gasteiger partial charge on any atom is 0.290 e. The summed E-state index contributed by atoms with van der Waals surface area (Å²) in [5, 5.41) is 3.62. The lowest BCUT2D eigenvalue weighted by molar-refractivity contribution is -0.115. The lowest BCUT2D eigenvalue weighted by Gasteiger charge is -2.38. The number of pyridine rings is 1. The number of fused-ring (bicyclic) bond motifs is 1. The fourth-order valence-electron chi connectivity index (χ4n) is 4.48. The SMILES string of the molecule is CC(C)N1CCN(c2ccc(-c3cccc4ncc(C=C5SC(=O)NC5=O)cc34)cc2Cl)CC1. The Labute approximate surface area is 208 Å². The minimum Gasteiger partial charge on any atom is -0.368 e. The Morgan fingerprint density at radius 2 is 1.88 bits per heavy atom. The normalized spacial score (nSPS) is 18.4. The summed E-state index contributed by atoms with van der Waals surface area (Å²) in [5.74, 6) is -0.375. The largest absolute Gasteiger partial charge is 0.368 e. The first-order valence-corrected chi connectivity index (χ1v) is 12.5. The molecule has 1 N–H and O–H groups in total. The quantitative estimate of drug-likeness (QED) is 0.491. The molecule has 0 bridgehead atoms. The molecule has 0 aliphatic carbocycles. The summed E-state index contributed by atoms with van der Waals surface area (Å²) in [6.07, 6.45) is 3.41. The number of hydrogen-bond acceptors (Lipinski definition) is 6. The lowest BCUT2D eigenvalue weighted by atomic mass is 9.99. The van der Waals surface area contributed by atoms with E-state index in [9.17, 15) is 9.59 Å². The van der Waals surface area contributed by atoms with E-state index >= 15 is 0 Å². The molecule has 2 aliphatic rings. The van der Waals surface area contributed by atoms with Crippen LogP contribution in [-0.2, 0) is 4.79 Å². The van der Waals surface area contributed by atoms with E-state index in [-0.39, 0.29) is 11.1 Å². The number of piperazine rings is 1. The third kappa shape index (κ3) is 4.56. The summed E-state index contributed by atoms with van der Waals surface area (Å²) in [5.41, 5.74) is 4.70. The minimum atomic E-state index is -0.375. The third-order valence-electron chi connectivity index (χ3n) is 6.33. The van der Waals surface area contributed by atoms with Crippen LogP contribution < -0.4 is 10.2 Å². The van der Waals surface area contributed by atoms with Gasteiger partial charge in [0.15, 0.2) is 0 Å². The van der Waals surface area contributed by atoms with Gasteiger partial charge in [-0.25, -0.2) is 0 Å². The maximum atomic E-state index is 11.9. The molecule has 5 rings (SSSR count). The molecule has 3 heterocycles. The zero-order valence-electron chi connectivity index (χ0n) is 19.0. The second kappa shape index (κ2) is 9.41. The monoisotopic (exact) mass is 492 g/mol. The summed E-state index contributed by atoms with van der Waals surface area (Å²) < 4.78 is 0. The average molecular weight is 493 g/mol. The van der Waals surface area contributed by atoms with E-state index in [0.29, 0.717) is 10.9 Å². The van der Waals surface area contributed by atoms with Crippen LogP contribution in [0.25, 0.3) is 28.1 Å². The zero-order valence-corrected chi connectivity index (χ0v) is 20.6. The molecule has 2 aliphatic heterocycles. The van der Waals surface area contributed by atoms with Gasteiger partial charge in [-0.3, -0.25) is 24.8 Å². The van der Waals surface area contributed by atoms with Crippen LogP contribution in [0, 0.1) is 0 Å². The highest BCUT2D eigenvalue weighted by atomic mass is 35.5. The molecule has 2 saturated heterocycles. The molecule has 174 valence electrons. The molecule has 0 radical (unpaired) electrons. The Bertz CT molecular complexity index is 1320. The number of anilines is 1. The highest BCUT2D eigenvalue weighted by molar-refractivity contribution is 8.18. The van der Waals surface area contributed by atoms with Crippen molar-refractivity contribution in [2.24, 2.45) is 0 Å². The number of benzene rings is 2. The Hall–Kier alpha value is -2.87. The van der Waals surface area contributed by atoms with E-state index in [1.165, 1.54) is 0 Å².